The van der Waals surface area contributed by atoms with Crippen molar-refractivity contribution in [3.63, 3.8) is 0 Å². The van der Waals surface area contributed by atoms with Crippen molar-refractivity contribution in [2.24, 2.45) is 0 Å². The SMILES string of the molecule is CCNCc1ccc(N(CC)Cc2cccs2)nc1. The van der Waals surface area contributed by atoms with E-state index in [1.54, 1.807) is 11.3 Å². The van der Waals surface area contributed by atoms with Crippen LogP contribution in [0.15, 0.2) is 35.8 Å². The van der Waals surface area contributed by atoms with E-state index in [1.807, 2.05) is 6.20 Å². The molecule has 2 heterocycles. The molecule has 3 nitrogen and oxygen atoms in total. The summed E-state index contributed by atoms with van der Waals surface area (Å²) in [6.07, 6.45) is 1.97. The first-order valence-corrected chi connectivity index (χ1v) is 7.64. The van der Waals surface area contributed by atoms with Gasteiger partial charge in [0.25, 0.3) is 0 Å². The molecular formula is C15H21N3S. The van der Waals surface area contributed by atoms with Gasteiger partial charge in [-0.25, -0.2) is 4.98 Å². The molecule has 102 valence electrons. The van der Waals surface area contributed by atoms with Crippen molar-refractivity contribution >= 4 is 17.2 Å². The third-order valence-corrected chi connectivity index (χ3v) is 3.88. The zero-order chi connectivity index (χ0) is 13.5. The first kappa shape index (κ1) is 14.0. The van der Waals surface area contributed by atoms with Gasteiger partial charge >= 0.3 is 0 Å². The number of anilines is 1. The Kier molecular flexibility index (Phi) is 5.36. The summed E-state index contributed by atoms with van der Waals surface area (Å²) in [4.78, 5) is 8.24. The summed E-state index contributed by atoms with van der Waals surface area (Å²) in [5.74, 6) is 1.05. The van der Waals surface area contributed by atoms with E-state index in [4.69, 9.17) is 0 Å². The second-order valence-electron chi connectivity index (χ2n) is 4.40. The molecule has 0 radical (unpaired) electrons. The van der Waals surface area contributed by atoms with Crippen LogP contribution in [0.2, 0.25) is 0 Å². The van der Waals surface area contributed by atoms with Crippen molar-refractivity contribution in [1.82, 2.24) is 10.3 Å². The lowest BCUT2D eigenvalue weighted by atomic mass is 10.2. The number of aromatic nitrogens is 1. The molecule has 0 aliphatic carbocycles. The minimum atomic E-state index is 0.890. The fraction of sp³-hybridized carbons (Fsp3) is 0.400. The zero-order valence-electron chi connectivity index (χ0n) is 11.6. The standard InChI is InChI=1S/C15H21N3S/c1-3-16-10-13-7-8-15(17-11-13)18(4-2)12-14-6-5-9-19-14/h5-9,11,16H,3-4,10,12H2,1-2H3. The molecule has 4 heteroatoms. The minimum absolute atomic E-state index is 0.890. The molecule has 0 bridgehead atoms. The van der Waals surface area contributed by atoms with Gasteiger partial charge in [-0.2, -0.15) is 0 Å². The molecule has 0 unspecified atom stereocenters. The second kappa shape index (κ2) is 7.26. The predicted molar refractivity (Wildman–Crippen MR) is 82.7 cm³/mol. The highest BCUT2D eigenvalue weighted by Crippen LogP contribution is 2.17. The van der Waals surface area contributed by atoms with Crippen LogP contribution >= 0.6 is 11.3 Å². The van der Waals surface area contributed by atoms with E-state index in [2.05, 4.69) is 58.7 Å². The van der Waals surface area contributed by atoms with E-state index < -0.39 is 0 Å². The van der Waals surface area contributed by atoms with Crippen LogP contribution in [0.25, 0.3) is 0 Å². The van der Waals surface area contributed by atoms with Gasteiger partial charge in [0.1, 0.15) is 5.82 Å². The Bertz CT molecular complexity index is 465. The van der Waals surface area contributed by atoms with E-state index in [9.17, 15) is 0 Å². The Labute approximate surface area is 119 Å². The van der Waals surface area contributed by atoms with E-state index in [1.165, 1.54) is 10.4 Å². The summed E-state index contributed by atoms with van der Waals surface area (Å²) in [6.45, 7) is 8.07. The Hall–Kier alpha value is -1.39. The quantitative estimate of drug-likeness (QED) is 0.840. The largest absolute Gasteiger partial charge is 0.352 e. The number of nitrogens with one attached hydrogen (secondary N) is 1. The summed E-state index contributed by atoms with van der Waals surface area (Å²) in [7, 11) is 0. The van der Waals surface area contributed by atoms with Crippen LogP contribution in [0.1, 0.15) is 24.3 Å². The number of thiophene rings is 1. The average Bonchev–Trinajstić information content (AvgIpc) is 2.96. The molecule has 0 spiro atoms. The maximum absolute atomic E-state index is 4.57. The third-order valence-electron chi connectivity index (χ3n) is 3.02. The number of hydrogen-bond donors (Lipinski definition) is 1. The van der Waals surface area contributed by atoms with Crippen LogP contribution < -0.4 is 10.2 Å². The molecule has 0 saturated heterocycles. The molecule has 1 N–H and O–H groups in total. The molecule has 2 rings (SSSR count). The summed E-state index contributed by atoms with van der Waals surface area (Å²) in [5, 5.41) is 5.43. The predicted octanol–water partition coefficient (Wildman–Crippen LogP) is 3.28. The van der Waals surface area contributed by atoms with Crippen molar-refractivity contribution in [2.75, 3.05) is 18.0 Å². The van der Waals surface area contributed by atoms with Crippen LogP contribution in [0.4, 0.5) is 5.82 Å². The van der Waals surface area contributed by atoms with Crippen LogP contribution in [-0.2, 0) is 13.1 Å². The van der Waals surface area contributed by atoms with E-state index in [-0.39, 0.29) is 0 Å². The van der Waals surface area contributed by atoms with Crippen LogP contribution in [0.3, 0.4) is 0 Å². The van der Waals surface area contributed by atoms with E-state index >= 15 is 0 Å². The van der Waals surface area contributed by atoms with Gasteiger partial charge in [-0.15, -0.1) is 11.3 Å². The molecule has 0 fully saturated rings. The van der Waals surface area contributed by atoms with Crippen molar-refractivity contribution < 1.29 is 0 Å². The number of nitrogens with zero attached hydrogens (tertiary/aromatic N) is 2. The van der Waals surface area contributed by atoms with Gasteiger partial charge in [0.15, 0.2) is 0 Å². The Morgan fingerprint density at radius 1 is 1.26 bits per heavy atom. The second-order valence-corrected chi connectivity index (χ2v) is 5.43. The van der Waals surface area contributed by atoms with Crippen molar-refractivity contribution in [1.29, 1.82) is 0 Å². The van der Waals surface area contributed by atoms with Gasteiger partial charge in [-0.05, 0) is 36.5 Å². The summed E-state index contributed by atoms with van der Waals surface area (Å²) >= 11 is 1.80. The highest BCUT2D eigenvalue weighted by molar-refractivity contribution is 7.09. The van der Waals surface area contributed by atoms with Gasteiger partial charge in [-0.1, -0.05) is 19.1 Å². The maximum Gasteiger partial charge on any atom is 0.128 e. The van der Waals surface area contributed by atoms with Gasteiger partial charge in [0.05, 0.1) is 6.54 Å². The topological polar surface area (TPSA) is 28.2 Å². The summed E-state index contributed by atoms with van der Waals surface area (Å²) in [5.41, 5.74) is 1.23. The van der Waals surface area contributed by atoms with Crippen LogP contribution in [0.5, 0.6) is 0 Å². The van der Waals surface area contributed by atoms with Crippen molar-refractivity contribution in [2.45, 2.75) is 26.9 Å². The van der Waals surface area contributed by atoms with Crippen LogP contribution in [0, 0.1) is 0 Å². The monoisotopic (exact) mass is 275 g/mol. The van der Waals surface area contributed by atoms with Crippen LogP contribution in [-0.4, -0.2) is 18.1 Å². The summed E-state index contributed by atoms with van der Waals surface area (Å²) in [6, 6.07) is 8.54. The Balaban J connectivity index is 2.02. The van der Waals surface area contributed by atoms with Gasteiger partial charge < -0.3 is 10.2 Å². The molecule has 0 amide bonds. The van der Waals surface area contributed by atoms with Gasteiger partial charge in [0, 0.05) is 24.2 Å². The fourth-order valence-electron chi connectivity index (χ4n) is 1.92. The van der Waals surface area contributed by atoms with Gasteiger partial charge in [-0.3, -0.25) is 0 Å². The molecule has 2 aromatic heterocycles. The fourth-order valence-corrected chi connectivity index (χ4v) is 2.64. The molecular weight excluding hydrogens is 254 g/mol. The van der Waals surface area contributed by atoms with Crippen molar-refractivity contribution in [3.05, 3.63) is 46.3 Å². The lowest BCUT2D eigenvalue weighted by molar-refractivity contribution is 0.723. The average molecular weight is 275 g/mol. The molecule has 2 aromatic rings. The highest BCUT2D eigenvalue weighted by atomic mass is 32.1. The lowest BCUT2D eigenvalue weighted by Crippen LogP contribution is -2.22. The minimum Gasteiger partial charge on any atom is -0.352 e. The Morgan fingerprint density at radius 2 is 2.16 bits per heavy atom. The molecule has 0 aliphatic heterocycles. The maximum atomic E-state index is 4.57. The smallest absolute Gasteiger partial charge is 0.128 e. The van der Waals surface area contributed by atoms with Gasteiger partial charge in [0.2, 0.25) is 0 Å². The highest BCUT2D eigenvalue weighted by Gasteiger charge is 2.07. The first-order chi connectivity index (χ1) is 9.33. The number of rotatable bonds is 7. The molecule has 0 atom stereocenters. The normalized spacial score (nSPS) is 10.6. The molecule has 0 aromatic carbocycles. The van der Waals surface area contributed by atoms with Crippen molar-refractivity contribution in [3.8, 4) is 0 Å². The first-order valence-electron chi connectivity index (χ1n) is 6.76. The number of hydrogen-bond acceptors (Lipinski definition) is 4. The molecule has 0 aliphatic rings. The Morgan fingerprint density at radius 3 is 2.74 bits per heavy atom. The lowest BCUT2D eigenvalue weighted by Gasteiger charge is -2.21. The number of pyridine rings is 1. The molecule has 19 heavy (non-hydrogen) atoms. The third kappa shape index (κ3) is 4.04. The van der Waals surface area contributed by atoms with E-state index in [0.717, 1.165) is 32.0 Å². The zero-order valence-corrected chi connectivity index (χ0v) is 12.4. The summed E-state index contributed by atoms with van der Waals surface area (Å²) < 4.78 is 0. The molecule has 0 saturated carbocycles. The van der Waals surface area contributed by atoms with E-state index in [0.29, 0.717) is 0 Å².